The molecule has 0 aliphatic carbocycles. The molecule has 2 aliphatic heterocycles. The number of halogens is 1. The lowest BCUT2D eigenvalue weighted by Crippen LogP contribution is -2.46. The number of likely N-dealkylation sites (tertiary alicyclic amines) is 1. The van der Waals surface area contributed by atoms with E-state index in [1.165, 1.54) is 0 Å². The SMILES string of the molecule is CC(C)N1CCC(NC2C(=O)Nc3ccc(Br)cc32)CC1. The maximum atomic E-state index is 12.2. The van der Waals surface area contributed by atoms with Crippen molar-refractivity contribution < 1.29 is 4.79 Å². The van der Waals surface area contributed by atoms with Crippen molar-refractivity contribution in [2.45, 2.75) is 44.8 Å². The van der Waals surface area contributed by atoms with Crippen LogP contribution in [0.25, 0.3) is 0 Å². The molecular formula is C16H22BrN3O. The number of amides is 1. The van der Waals surface area contributed by atoms with Crippen LogP contribution in [0.2, 0.25) is 0 Å². The number of nitrogens with zero attached hydrogens (tertiary/aromatic N) is 1. The van der Waals surface area contributed by atoms with Gasteiger partial charge in [-0.1, -0.05) is 15.9 Å². The van der Waals surface area contributed by atoms with Crippen LogP contribution < -0.4 is 10.6 Å². The maximum Gasteiger partial charge on any atom is 0.246 e. The first-order valence-electron chi connectivity index (χ1n) is 7.65. The lowest BCUT2D eigenvalue weighted by atomic mass is 10.0. The third-order valence-electron chi connectivity index (χ3n) is 4.51. The summed E-state index contributed by atoms with van der Waals surface area (Å²) in [5.74, 6) is 0.0642. The fraction of sp³-hybridized carbons (Fsp3) is 0.562. The first-order chi connectivity index (χ1) is 10.0. The van der Waals surface area contributed by atoms with E-state index in [1.54, 1.807) is 0 Å². The summed E-state index contributed by atoms with van der Waals surface area (Å²) >= 11 is 3.49. The number of hydrogen-bond acceptors (Lipinski definition) is 3. The van der Waals surface area contributed by atoms with Gasteiger partial charge in [-0.3, -0.25) is 10.1 Å². The van der Waals surface area contributed by atoms with E-state index < -0.39 is 0 Å². The van der Waals surface area contributed by atoms with E-state index in [-0.39, 0.29) is 11.9 Å². The largest absolute Gasteiger partial charge is 0.324 e. The van der Waals surface area contributed by atoms with Gasteiger partial charge >= 0.3 is 0 Å². The molecule has 1 aromatic rings. The number of nitrogens with one attached hydrogen (secondary N) is 2. The van der Waals surface area contributed by atoms with Crippen LogP contribution in [0.1, 0.15) is 38.3 Å². The Balaban J connectivity index is 1.67. The molecule has 4 nitrogen and oxygen atoms in total. The highest BCUT2D eigenvalue weighted by atomic mass is 79.9. The average Bonchev–Trinajstić information content (AvgIpc) is 2.76. The molecule has 2 heterocycles. The molecule has 1 saturated heterocycles. The Hall–Kier alpha value is -0.910. The van der Waals surface area contributed by atoms with Gasteiger partial charge in [-0.25, -0.2) is 0 Å². The number of anilines is 1. The molecule has 1 atom stereocenters. The summed E-state index contributed by atoms with van der Waals surface area (Å²) in [6.45, 7) is 6.70. The minimum Gasteiger partial charge on any atom is -0.324 e. The fourth-order valence-corrected chi connectivity index (χ4v) is 3.59. The highest BCUT2D eigenvalue weighted by molar-refractivity contribution is 9.10. The Labute approximate surface area is 134 Å². The molecule has 1 fully saturated rings. The van der Waals surface area contributed by atoms with Crippen molar-refractivity contribution in [2.75, 3.05) is 18.4 Å². The second kappa shape index (κ2) is 6.07. The molecule has 0 saturated carbocycles. The Morgan fingerprint density at radius 1 is 1.33 bits per heavy atom. The van der Waals surface area contributed by atoms with Crippen LogP contribution in [-0.2, 0) is 4.79 Å². The van der Waals surface area contributed by atoms with Crippen LogP contribution in [0.3, 0.4) is 0 Å². The van der Waals surface area contributed by atoms with Crippen molar-refractivity contribution in [3.8, 4) is 0 Å². The Morgan fingerprint density at radius 2 is 2.05 bits per heavy atom. The smallest absolute Gasteiger partial charge is 0.246 e. The Kier molecular flexibility index (Phi) is 4.33. The predicted molar refractivity (Wildman–Crippen MR) is 88.4 cm³/mol. The normalized spacial score (nSPS) is 23.4. The number of carbonyl (C=O) groups is 1. The zero-order chi connectivity index (χ0) is 15.0. The van der Waals surface area contributed by atoms with E-state index in [0.29, 0.717) is 12.1 Å². The van der Waals surface area contributed by atoms with E-state index >= 15 is 0 Å². The summed E-state index contributed by atoms with van der Waals surface area (Å²) in [4.78, 5) is 14.7. The van der Waals surface area contributed by atoms with E-state index in [1.807, 2.05) is 18.2 Å². The molecule has 21 heavy (non-hydrogen) atoms. The number of benzene rings is 1. The number of rotatable bonds is 3. The molecular weight excluding hydrogens is 330 g/mol. The number of piperidine rings is 1. The molecule has 3 rings (SSSR count). The fourth-order valence-electron chi connectivity index (χ4n) is 3.22. The van der Waals surface area contributed by atoms with Crippen LogP contribution in [0, 0.1) is 0 Å². The molecule has 114 valence electrons. The van der Waals surface area contributed by atoms with Crippen molar-refractivity contribution in [3.05, 3.63) is 28.2 Å². The third kappa shape index (κ3) is 3.15. The van der Waals surface area contributed by atoms with E-state index in [4.69, 9.17) is 0 Å². The van der Waals surface area contributed by atoms with E-state index in [0.717, 1.165) is 41.7 Å². The van der Waals surface area contributed by atoms with Gasteiger partial charge in [-0.15, -0.1) is 0 Å². The summed E-state index contributed by atoms with van der Waals surface area (Å²) < 4.78 is 1.01. The lowest BCUT2D eigenvalue weighted by molar-refractivity contribution is -0.118. The van der Waals surface area contributed by atoms with Crippen molar-refractivity contribution >= 4 is 27.5 Å². The molecule has 1 amide bonds. The van der Waals surface area contributed by atoms with Crippen LogP contribution in [0.15, 0.2) is 22.7 Å². The second-order valence-electron chi connectivity index (χ2n) is 6.22. The topological polar surface area (TPSA) is 44.4 Å². The van der Waals surface area contributed by atoms with Crippen LogP contribution in [0.5, 0.6) is 0 Å². The summed E-state index contributed by atoms with van der Waals surface area (Å²) in [7, 11) is 0. The molecule has 0 bridgehead atoms. The Bertz CT molecular complexity index is 538. The van der Waals surface area contributed by atoms with Crippen molar-refractivity contribution in [3.63, 3.8) is 0 Å². The average molecular weight is 352 g/mol. The summed E-state index contributed by atoms with van der Waals surface area (Å²) in [6, 6.07) is 6.77. The van der Waals surface area contributed by atoms with Gasteiger partial charge in [0.25, 0.3) is 0 Å². The summed E-state index contributed by atoms with van der Waals surface area (Å²) in [5.41, 5.74) is 1.99. The molecule has 0 spiro atoms. The van der Waals surface area contributed by atoms with Gasteiger partial charge < -0.3 is 10.2 Å². The van der Waals surface area contributed by atoms with Gasteiger partial charge in [0.1, 0.15) is 6.04 Å². The molecule has 2 aliphatic rings. The summed E-state index contributed by atoms with van der Waals surface area (Å²) in [6.07, 6.45) is 2.20. The van der Waals surface area contributed by atoms with Crippen LogP contribution >= 0.6 is 15.9 Å². The zero-order valence-corrected chi connectivity index (χ0v) is 14.1. The first-order valence-corrected chi connectivity index (χ1v) is 8.44. The van der Waals surface area contributed by atoms with Crippen LogP contribution in [0.4, 0.5) is 5.69 Å². The van der Waals surface area contributed by atoms with E-state index in [9.17, 15) is 4.79 Å². The highest BCUT2D eigenvalue weighted by Crippen LogP contribution is 2.33. The molecule has 0 aromatic heterocycles. The first kappa shape index (κ1) is 15.0. The molecule has 1 aromatic carbocycles. The lowest BCUT2D eigenvalue weighted by Gasteiger charge is -2.35. The summed E-state index contributed by atoms with van der Waals surface area (Å²) in [5, 5.41) is 6.51. The quantitative estimate of drug-likeness (QED) is 0.879. The molecule has 5 heteroatoms. The minimum absolute atomic E-state index is 0.0642. The Morgan fingerprint density at radius 3 is 2.71 bits per heavy atom. The van der Waals surface area contributed by atoms with Gasteiger partial charge in [-0.2, -0.15) is 0 Å². The van der Waals surface area contributed by atoms with Crippen molar-refractivity contribution in [1.82, 2.24) is 10.2 Å². The van der Waals surface area contributed by atoms with Crippen molar-refractivity contribution in [2.24, 2.45) is 0 Å². The number of fused-ring (bicyclic) bond motifs is 1. The second-order valence-corrected chi connectivity index (χ2v) is 7.14. The molecule has 2 N–H and O–H groups in total. The van der Waals surface area contributed by atoms with Crippen molar-refractivity contribution in [1.29, 1.82) is 0 Å². The predicted octanol–water partition coefficient (Wildman–Crippen LogP) is 2.90. The van der Waals surface area contributed by atoms with Crippen LogP contribution in [-0.4, -0.2) is 36.0 Å². The standard InChI is InChI=1S/C16H22BrN3O/c1-10(2)20-7-5-12(6-8-20)18-15-13-9-11(17)3-4-14(13)19-16(15)21/h3-4,9-10,12,15,18H,5-8H2,1-2H3,(H,19,21). The molecule has 1 unspecified atom stereocenters. The molecule has 0 radical (unpaired) electrons. The number of hydrogen-bond donors (Lipinski definition) is 2. The monoisotopic (exact) mass is 351 g/mol. The number of carbonyl (C=O) groups excluding carboxylic acids is 1. The highest BCUT2D eigenvalue weighted by Gasteiger charge is 2.33. The minimum atomic E-state index is -0.215. The van der Waals surface area contributed by atoms with Gasteiger partial charge in [-0.05, 0) is 58.0 Å². The van der Waals surface area contributed by atoms with Gasteiger partial charge in [0.2, 0.25) is 5.91 Å². The third-order valence-corrected chi connectivity index (χ3v) is 5.00. The zero-order valence-electron chi connectivity index (χ0n) is 12.5. The van der Waals surface area contributed by atoms with Gasteiger partial charge in [0, 0.05) is 27.8 Å². The van der Waals surface area contributed by atoms with E-state index in [2.05, 4.69) is 45.3 Å². The maximum absolute atomic E-state index is 12.2. The van der Waals surface area contributed by atoms with Gasteiger partial charge in [0.15, 0.2) is 0 Å². The van der Waals surface area contributed by atoms with Gasteiger partial charge in [0.05, 0.1) is 0 Å².